The van der Waals surface area contributed by atoms with Crippen molar-refractivity contribution in [2.45, 2.75) is 56.2 Å². The molecule has 4 rings (SSSR count). The number of rotatable bonds is 6. The minimum atomic E-state index is -0.0697. The first-order valence-electron chi connectivity index (χ1n) is 9.94. The van der Waals surface area contributed by atoms with Gasteiger partial charge in [0.2, 0.25) is 11.8 Å². The number of fused-ring (bicyclic) bond motifs is 1. The van der Waals surface area contributed by atoms with Gasteiger partial charge in [-0.3, -0.25) is 4.79 Å². The molecule has 1 fully saturated rings. The summed E-state index contributed by atoms with van der Waals surface area (Å²) < 4.78 is 5.78. The third kappa shape index (κ3) is 4.38. The van der Waals surface area contributed by atoms with Crippen LogP contribution in [0.15, 0.2) is 52.1 Å². The van der Waals surface area contributed by atoms with E-state index in [1.54, 1.807) is 0 Å². The van der Waals surface area contributed by atoms with Crippen LogP contribution in [-0.4, -0.2) is 21.9 Å². The second-order valence-electron chi connectivity index (χ2n) is 7.39. The average molecular weight is 396 g/mol. The molecule has 3 aromatic rings. The number of amides is 1. The maximum Gasteiger partial charge on any atom is 0.277 e. The van der Waals surface area contributed by atoms with E-state index in [-0.39, 0.29) is 17.7 Å². The molecule has 2 aromatic carbocycles. The molecule has 1 aliphatic rings. The van der Waals surface area contributed by atoms with Gasteiger partial charge in [0.05, 0.1) is 11.8 Å². The van der Waals surface area contributed by atoms with E-state index in [4.69, 9.17) is 4.42 Å². The molecule has 0 radical (unpaired) electrons. The Hall–Kier alpha value is -2.34. The van der Waals surface area contributed by atoms with Gasteiger partial charge in [-0.2, -0.15) is 0 Å². The lowest BCUT2D eigenvalue weighted by Crippen LogP contribution is -2.28. The molecule has 0 unspecified atom stereocenters. The summed E-state index contributed by atoms with van der Waals surface area (Å²) in [4.78, 5) is 12.4. The molecule has 5 nitrogen and oxygen atoms in total. The molecule has 1 N–H and O–H groups in total. The summed E-state index contributed by atoms with van der Waals surface area (Å²) >= 11 is 1.30. The molecule has 6 heteroatoms. The van der Waals surface area contributed by atoms with Crippen molar-refractivity contribution in [3.63, 3.8) is 0 Å². The van der Waals surface area contributed by atoms with Gasteiger partial charge in [-0.05, 0) is 36.1 Å². The first-order chi connectivity index (χ1) is 13.7. The Kier molecular flexibility index (Phi) is 5.95. The normalized spacial score (nSPS) is 16.2. The molecule has 1 aliphatic carbocycles. The van der Waals surface area contributed by atoms with Gasteiger partial charge >= 0.3 is 0 Å². The summed E-state index contributed by atoms with van der Waals surface area (Å²) in [5, 5.41) is 14.2. The first-order valence-corrected chi connectivity index (χ1v) is 10.9. The van der Waals surface area contributed by atoms with Crippen molar-refractivity contribution in [2.24, 2.45) is 0 Å². The van der Waals surface area contributed by atoms with Crippen molar-refractivity contribution in [3.05, 3.63) is 53.9 Å². The van der Waals surface area contributed by atoms with E-state index in [2.05, 4.69) is 39.8 Å². The molecule has 1 atom stereocenters. The van der Waals surface area contributed by atoms with Crippen LogP contribution in [0.4, 0.5) is 0 Å². The fourth-order valence-electron chi connectivity index (χ4n) is 3.91. The van der Waals surface area contributed by atoms with Gasteiger partial charge in [0.25, 0.3) is 5.22 Å². The zero-order chi connectivity index (χ0) is 19.3. The minimum absolute atomic E-state index is 0.0390. The molecule has 0 saturated heterocycles. The van der Waals surface area contributed by atoms with E-state index in [1.807, 2.05) is 25.1 Å². The second kappa shape index (κ2) is 8.78. The van der Waals surface area contributed by atoms with Crippen LogP contribution in [0.3, 0.4) is 0 Å². The highest BCUT2D eigenvalue weighted by molar-refractivity contribution is 7.99. The lowest BCUT2D eigenvalue weighted by molar-refractivity contribution is -0.119. The van der Waals surface area contributed by atoms with Gasteiger partial charge in [-0.1, -0.05) is 73.5 Å². The predicted molar refractivity (Wildman–Crippen MR) is 111 cm³/mol. The molecule has 1 saturated carbocycles. The molecule has 146 valence electrons. The lowest BCUT2D eigenvalue weighted by atomic mass is 9.89. The van der Waals surface area contributed by atoms with Crippen LogP contribution >= 0.6 is 11.8 Å². The molecule has 1 heterocycles. The van der Waals surface area contributed by atoms with E-state index >= 15 is 0 Å². The standard InChI is InChI=1S/C22H25N3O2S/c1-15(18-13-7-11-16-8-5-6-12-19(16)18)23-20(26)14-28-22-25-24-21(27-22)17-9-3-2-4-10-17/h5-8,11-13,15,17H,2-4,9-10,14H2,1H3,(H,23,26)/t15-/m1/s1. The smallest absolute Gasteiger partial charge is 0.277 e. The molecule has 28 heavy (non-hydrogen) atoms. The third-order valence-corrected chi connectivity index (χ3v) is 6.19. The SMILES string of the molecule is C[C@@H](NC(=O)CSc1nnc(C2CCCCC2)o1)c1cccc2ccccc12. The number of benzene rings is 2. The average Bonchev–Trinajstić information content (AvgIpc) is 3.21. The topological polar surface area (TPSA) is 68.0 Å². The van der Waals surface area contributed by atoms with Gasteiger partial charge in [-0.25, -0.2) is 0 Å². The summed E-state index contributed by atoms with van der Waals surface area (Å²) in [5.41, 5.74) is 1.12. The van der Waals surface area contributed by atoms with Gasteiger partial charge < -0.3 is 9.73 Å². The lowest BCUT2D eigenvalue weighted by Gasteiger charge is -2.17. The van der Waals surface area contributed by atoms with Crippen LogP contribution in [0.1, 0.15) is 62.4 Å². The second-order valence-corrected chi connectivity index (χ2v) is 8.31. The minimum Gasteiger partial charge on any atom is -0.416 e. The Bertz CT molecular complexity index is 944. The van der Waals surface area contributed by atoms with Gasteiger partial charge in [0, 0.05) is 5.92 Å². The highest BCUT2D eigenvalue weighted by Crippen LogP contribution is 2.33. The maximum atomic E-state index is 12.4. The maximum absolute atomic E-state index is 12.4. The highest BCUT2D eigenvalue weighted by atomic mass is 32.2. The van der Waals surface area contributed by atoms with Crippen LogP contribution in [-0.2, 0) is 4.79 Å². The molecule has 0 spiro atoms. The van der Waals surface area contributed by atoms with E-state index in [9.17, 15) is 4.79 Å². The van der Waals surface area contributed by atoms with Crippen LogP contribution in [0.25, 0.3) is 10.8 Å². The Morgan fingerprint density at radius 1 is 1.14 bits per heavy atom. The van der Waals surface area contributed by atoms with Gasteiger partial charge in [-0.15, -0.1) is 10.2 Å². The quantitative estimate of drug-likeness (QED) is 0.578. The van der Waals surface area contributed by atoms with E-state index in [0.717, 1.165) is 24.3 Å². The Labute approximate surface area is 169 Å². The van der Waals surface area contributed by atoms with Crippen LogP contribution < -0.4 is 5.32 Å². The Balaban J connectivity index is 1.33. The monoisotopic (exact) mass is 395 g/mol. The van der Waals surface area contributed by atoms with E-state index < -0.39 is 0 Å². The number of carbonyl (C=O) groups is 1. The Morgan fingerprint density at radius 3 is 2.79 bits per heavy atom. The predicted octanol–water partition coefficient (Wildman–Crippen LogP) is 5.24. The first kappa shape index (κ1) is 19.0. The summed E-state index contributed by atoms with van der Waals surface area (Å²) in [6.07, 6.45) is 5.99. The van der Waals surface area contributed by atoms with Crippen molar-refractivity contribution in [1.82, 2.24) is 15.5 Å². The van der Waals surface area contributed by atoms with Crippen molar-refractivity contribution in [3.8, 4) is 0 Å². The number of hydrogen-bond acceptors (Lipinski definition) is 5. The summed E-state index contributed by atoms with van der Waals surface area (Å²) in [6, 6.07) is 14.3. The molecular formula is C22H25N3O2S. The molecule has 1 aromatic heterocycles. The zero-order valence-electron chi connectivity index (χ0n) is 16.1. The number of thioether (sulfide) groups is 1. The van der Waals surface area contributed by atoms with Crippen LogP contribution in [0.2, 0.25) is 0 Å². The van der Waals surface area contributed by atoms with E-state index in [0.29, 0.717) is 11.1 Å². The number of nitrogens with zero attached hydrogens (tertiary/aromatic N) is 2. The number of hydrogen-bond donors (Lipinski definition) is 1. The summed E-state index contributed by atoms with van der Waals surface area (Å²) in [6.45, 7) is 2.01. The van der Waals surface area contributed by atoms with Gasteiger partial charge in [0.15, 0.2) is 0 Å². The van der Waals surface area contributed by atoms with Crippen LogP contribution in [0, 0.1) is 0 Å². The fourth-order valence-corrected chi connectivity index (χ4v) is 4.49. The van der Waals surface area contributed by atoms with Crippen molar-refractivity contribution in [1.29, 1.82) is 0 Å². The number of carbonyl (C=O) groups excluding carboxylic acids is 1. The molecule has 1 amide bonds. The molecule has 0 aliphatic heterocycles. The van der Waals surface area contributed by atoms with Crippen molar-refractivity contribution in [2.75, 3.05) is 5.75 Å². The van der Waals surface area contributed by atoms with Gasteiger partial charge in [0.1, 0.15) is 0 Å². The fraction of sp³-hybridized carbons (Fsp3) is 0.409. The summed E-state index contributed by atoms with van der Waals surface area (Å²) in [5.74, 6) is 1.34. The number of nitrogens with one attached hydrogen (secondary N) is 1. The van der Waals surface area contributed by atoms with Crippen molar-refractivity contribution < 1.29 is 9.21 Å². The molecular weight excluding hydrogens is 370 g/mol. The third-order valence-electron chi connectivity index (χ3n) is 5.37. The largest absolute Gasteiger partial charge is 0.416 e. The zero-order valence-corrected chi connectivity index (χ0v) is 16.9. The highest BCUT2D eigenvalue weighted by Gasteiger charge is 2.22. The van der Waals surface area contributed by atoms with Crippen molar-refractivity contribution >= 4 is 28.4 Å². The number of aromatic nitrogens is 2. The summed E-state index contributed by atoms with van der Waals surface area (Å²) in [7, 11) is 0. The Morgan fingerprint density at radius 2 is 1.93 bits per heavy atom. The molecule has 0 bridgehead atoms. The van der Waals surface area contributed by atoms with Crippen LogP contribution in [0.5, 0.6) is 0 Å². The van der Waals surface area contributed by atoms with E-state index in [1.165, 1.54) is 41.8 Å².